The molecule has 21 nitrogen and oxygen atoms in total. The fourth-order valence-corrected chi connectivity index (χ4v) is 4.80. The Labute approximate surface area is 313 Å². The van der Waals surface area contributed by atoms with Gasteiger partial charge in [-0.25, -0.2) is 4.79 Å². The summed E-state index contributed by atoms with van der Waals surface area (Å²) in [5.41, 5.74) is 20.6. The highest BCUT2D eigenvalue weighted by Crippen LogP contribution is 2.17. The third-order valence-electron chi connectivity index (χ3n) is 8.15. The van der Waals surface area contributed by atoms with E-state index in [9.17, 15) is 54.3 Å². The smallest absolute Gasteiger partial charge is 0.326 e. The molecule has 0 bridgehead atoms. The van der Waals surface area contributed by atoms with Gasteiger partial charge in [0.1, 0.15) is 17.9 Å². The van der Waals surface area contributed by atoms with E-state index in [4.69, 9.17) is 22.9 Å². The minimum atomic E-state index is -2.85. The van der Waals surface area contributed by atoms with E-state index in [1.54, 1.807) is 0 Å². The molecule has 0 aliphatic carbocycles. The number of hydrogen-bond donors (Lipinski definition) is 15. The Bertz CT molecular complexity index is 1340. The molecule has 6 atom stereocenters. The van der Waals surface area contributed by atoms with E-state index >= 15 is 0 Å². The number of aliphatic hydroxyl groups excluding tert-OH is 2. The number of carboxylic acids is 1. The van der Waals surface area contributed by atoms with Crippen LogP contribution in [0, 0.1) is 0 Å². The van der Waals surface area contributed by atoms with Gasteiger partial charge in [0.05, 0.1) is 32.2 Å². The molecule has 0 saturated heterocycles. The Kier molecular flexibility index (Phi) is 22.5. The third-order valence-corrected chi connectivity index (χ3v) is 8.15. The predicted octanol–water partition coefficient (Wildman–Crippen LogP) is -5.21. The van der Waals surface area contributed by atoms with E-state index in [2.05, 4.69) is 26.6 Å². The molecule has 0 spiro atoms. The maximum Gasteiger partial charge on any atom is 0.326 e. The number of phenols is 1. The quantitative estimate of drug-likeness (QED) is 0.0280. The second-order valence-electron chi connectivity index (χ2n) is 12.7. The third kappa shape index (κ3) is 19.0. The predicted molar refractivity (Wildman–Crippen MR) is 195 cm³/mol. The van der Waals surface area contributed by atoms with Crippen molar-refractivity contribution >= 4 is 35.5 Å². The molecule has 5 amide bonds. The summed E-state index contributed by atoms with van der Waals surface area (Å²) in [6, 6.07) is 2.48. The summed E-state index contributed by atoms with van der Waals surface area (Å²) in [4.78, 5) is 73.6. The lowest BCUT2D eigenvalue weighted by Gasteiger charge is -2.29. The molecule has 306 valence electrons. The van der Waals surface area contributed by atoms with Crippen molar-refractivity contribution in [3.63, 3.8) is 0 Å². The van der Waals surface area contributed by atoms with Crippen LogP contribution in [0.1, 0.15) is 63.0 Å². The van der Waals surface area contributed by atoms with Gasteiger partial charge in [0.2, 0.25) is 23.4 Å². The zero-order valence-electron chi connectivity index (χ0n) is 30.3. The van der Waals surface area contributed by atoms with Crippen molar-refractivity contribution in [2.24, 2.45) is 22.9 Å². The minimum absolute atomic E-state index is 0.00990. The Morgan fingerprint density at radius 1 is 0.778 bits per heavy atom. The van der Waals surface area contributed by atoms with Gasteiger partial charge in [0, 0.05) is 25.0 Å². The highest BCUT2D eigenvalue weighted by Gasteiger charge is 2.40. The highest BCUT2D eigenvalue weighted by atomic mass is 16.4. The van der Waals surface area contributed by atoms with Crippen LogP contribution in [0.2, 0.25) is 0 Å². The summed E-state index contributed by atoms with van der Waals surface area (Å²) < 4.78 is 0. The summed E-state index contributed by atoms with van der Waals surface area (Å²) in [6.45, 7) is 0.746. The first-order valence-corrected chi connectivity index (χ1v) is 17.7. The van der Waals surface area contributed by atoms with Crippen molar-refractivity contribution in [3.8, 4) is 5.75 Å². The number of unbranched alkanes of at least 4 members (excludes halogenated alkanes) is 1. The van der Waals surface area contributed by atoms with Crippen LogP contribution in [0.5, 0.6) is 5.75 Å². The van der Waals surface area contributed by atoms with Gasteiger partial charge in [-0.05, 0) is 75.9 Å². The van der Waals surface area contributed by atoms with Crippen molar-refractivity contribution in [2.75, 3.05) is 45.8 Å². The van der Waals surface area contributed by atoms with Crippen molar-refractivity contribution < 1.29 is 54.3 Å². The van der Waals surface area contributed by atoms with Crippen LogP contribution < -0.4 is 54.8 Å². The van der Waals surface area contributed by atoms with E-state index in [1.165, 1.54) is 24.3 Å². The molecule has 0 radical (unpaired) electrons. The first-order valence-electron chi connectivity index (χ1n) is 17.7. The van der Waals surface area contributed by atoms with Crippen molar-refractivity contribution in [2.45, 2.75) is 87.4 Å². The van der Waals surface area contributed by atoms with Crippen LogP contribution in [0.4, 0.5) is 0 Å². The van der Waals surface area contributed by atoms with Gasteiger partial charge in [-0.3, -0.25) is 24.0 Å². The van der Waals surface area contributed by atoms with Gasteiger partial charge < -0.3 is 80.4 Å². The largest absolute Gasteiger partial charge is 0.508 e. The SMILES string of the molecule is NCCCCNCCCNC(=O)CNC(=O)CC(O)C(N)CCCC(NC(=O)C(O)(CN)NC(=O)C(O)CNC(=O)CC(N)c1ccc(O)cc1)C(=O)O. The Hall–Kier alpha value is -4.48. The monoisotopic (exact) mass is 770 g/mol. The number of hydrogen-bond acceptors (Lipinski definition) is 15. The number of benzene rings is 1. The number of carbonyl (C=O) groups excluding carboxylic acids is 5. The molecule has 1 rings (SSSR count). The van der Waals surface area contributed by atoms with E-state index in [0.29, 0.717) is 31.6 Å². The number of phenolic OH excluding ortho intramolecular Hbond substituents is 1. The number of carbonyl (C=O) groups is 6. The normalized spacial score (nSPS) is 15.0. The van der Waals surface area contributed by atoms with Crippen LogP contribution in [0.25, 0.3) is 0 Å². The molecule has 6 unspecified atom stereocenters. The first kappa shape index (κ1) is 47.5. The molecule has 0 saturated carbocycles. The lowest BCUT2D eigenvalue weighted by atomic mass is 9.99. The molecular formula is C33H58N10O11. The topological polar surface area (TPSA) is 380 Å². The molecule has 1 aromatic rings. The first-order chi connectivity index (χ1) is 25.5. The molecule has 0 aliphatic heterocycles. The van der Waals surface area contributed by atoms with Crippen LogP contribution in [-0.4, -0.2) is 137 Å². The van der Waals surface area contributed by atoms with Gasteiger partial charge in [-0.15, -0.1) is 0 Å². The van der Waals surface area contributed by atoms with E-state index < -0.39 is 91.1 Å². The number of nitrogens with two attached hydrogens (primary N) is 4. The fourth-order valence-electron chi connectivity index (χ4n) is 4.80. The molecule has 0 heterocycles. The maximum absolute atomic E-state index is 12.8. The van der Waals surface area contributed by atoms with Crippen LogP contribution in [0.15, 0.2) is 24.3 Å². The molecule has 0 aromatic heterocycles. The standard InChI is InChI=1S/C33H58N10O11/c34-11-1-2-12-38-13-4-14-39-29(49)18-41-28(48)16-25(45)22(36)5-3-6-24(31(51)52)42-32(53)33(54,19-35)43-30(50)26(46)17-40-27(47)15-23(37)20-7-9-21(44)10-8-20/h7-10,22-26,38,44-46,54H,1-6,11-19,34-37H2,(H,39,49)(H,40,47)(H,41,48)(H,42,53)(H,43,50)(H,51,52). The number of amides is 5. The van der Waals surface area contributed by atoms with Gasteiger partial charge in [0.15, 0.2) is 0 Å². The highest BCUT2D eigenvalue weighted by molar-refractivity contribution is 5.93. The second kappa shape index (κ2) is 25.5. The van der Waals surface area contributed by atoms with Gasteiger partial charge in [-0.1, -0.05) is 12.1 Å². The molecule has 0 aliphatic rings. The summed E-state index contributed by atoms with van der Waals surface area (Å²) >= 11 is 0. The number of nitrogens with one attached hydrogen (secondary N) is 6. The summed E-state index contributed by atoms with van der Waals surface area (Å²) in [7, 11) is 0. The lowest BCUT2D eigenvalue weighted by molar-refractivity contribution is -0.154. The van der Waals surface area contributed by atoms with E-state index in [0.717, 1.165) is 19.4 Å². The number of aromatic hydroxyl groups is 1. The zero-order chi connectivity index (χ0) is 40.7. The van der Waals surface area contributed by atoms with Crippen LogP contribution in [0.3, 0.4) is 0 Å². The van der Waals surface area contributed by atoms with Gasteiger partial charge in [-0.2, -0.15) is 0 Å². The number of rotatable bonds is 28. The molecule has 0 fully saturated rings. The van der Waals surface area contributed by atoms with Gasteiger partial charge >= 0.3 is 5.97 Å². The summed E-state index contributed by atoms with van der Waals surface area (Å²) in [5, 5.41) is 64.8. The Morgan fingerprint density at radius 3 is 2.06 bits per heavy atom. The maximum atomic E-state index is 12.8. The number of aliphatic hydroxyl groups is 3. The molecule has 21 heteroatoms. The van der Waals surface area contributed by atoms with Crippen molar-refractivity contribution in [3.05, 3.63) is 29.8 Å². The average molecular weight is 771 g/mol. The molecular weight excluding hydrogens is 712 g/mol. The number of carboxylic acid groups (broad SMARTS) is 1. The van der Waals surface area contributed by atoms with Crippen molar-refractivity contribution in [1.82, 2.24) is 31.9 Å². The second-order valence-corrected chi connectivity index (χ2v) is 12.7. The molecule has 1 aromatic carbocycles. The van der Waals surface area contributed by atoms with Crippen LogP contribution in [-0.2, 0) is 28.8 Å². The minimum Gasteiger partial charge on any atom is -0.508 e. The van der Waals surface area contributed by atoms with Gasteiger partial charge in [0.25, 0.3) is 11.8 Å². The average Bonchev–Trinajstić information content (AvgIpc) is 3.13. The lowest BCUT2D eigenvalue weighted by Crippen LogP contribution is -2.66. The molecule has 54 heavy (non-hydrogen) atoms. The van der Waals surface area contributed by atoms with E-state index in [-0.39, 0.29) is 38.0 Å². The summed E-state index contributed by atoms with van der Waals surface area (Å²) in [6.07, 6.45) is -1.54. The van der Waals surface area contributed by atoms with Crippen molar-refractivity contribution in [1.29, 1.82) is 0 Å². The zero-order valence-corrected chi connectivity index (χ0v) is 30.3. The summed E-state index contributed by atoms with van der Waals surface area (Å²) in [5.74, 6) is -5.88. The Morgan fingerprint density at radius 2 is 1.43 bits per heavy atom. The fraction of sp³-hybridized carbons (Fsp3) is 0.636. The van der Waals surface area contributed by atoms with E-state index in [1.807, 2.05) is 5.32 Å². The van der Waals surface area contributed by atoms with Crippen LogP contribution >= 0.6 is 0 Å². The number of aliphatic carboxylic acids is 1. The molecule has 19 N–H and O–H groups in total. The Balaban J connectivity index is 2.47.